The van der Waals surface area contributed by atoms with Crippen LogP contribution in [0.2, 0.25) is 0 Å². The zero-order valence-corrected chi connectivity index (χ0v) is 14.8. The third-order valence-corrected chi connectivity index (χ3v) is 3.34. The largest absolute Gasteiger partial charge is 0.390 e. The van der Waals surface area contributed by atoms with E-state index >= 15 is 0 Å². The van der Waals surface area contributed by atoms with E-state index in [0.717, 1.165) is 19.6 Å². The van der Waals surface area contributed by atoms with E-state index < -0.39 is 12.6 Å². The van der Waals surface area contributed by atoms with Gasteiger partial charge in [0.15, 0.2) is 5.96 Å². The standard InChI is InChI=1S/C13H25F3N4.HI/c1-17-12(18-7-6-13(14,15)16)19-8-11-20-9-4-2-3-5-10-20;/h2-11H2,1H3,(H2,17,18,19);1H. The summed E-state index contributed by atoms with van der Waals surface area (Å²) in [6, 6.07) is 0. The van der Waals surface area contributed by atoms with Crippen LogP contribution in [0, 0.1) is 0 Å². The van der Waals surface area contributed by atoms with Gasteiger partial charge in [-0.05, 0) is 25.9 Å². The number of hydrogen-bond donors (Lipinski definition) is 2. The average molecular weight is 422 g/mol. The summed E-state index contributed by atoms with van der Waals surface area (Å²) in [5, 5.41) is 5.73. The number of likely N-dealkylation sites (tertiary alicyclic amines) is 1. The lowest BCUT2D eigenvalue weighted by molar-refractivity contribution is -0.132. The number of halogens is 4. The Hall–Kier alpha value is -0.250. The second-order valence-electron chi connectivity index (χ2n) is 5.05. The van der Waals surface area contributed by atoms with Gasteiger partial charge >= 0.3 is 6.18 Å². The summed E-state index contributed by atoms with van der Waals surface area (Å²) < 4.78 is 36.1. The lowest BCUT2D eigenvalue weighted by Crippen LogP contribution is -2.42. The molecular formula is C13H26F3IN4. The molecule has 0 aromatic heterocycles. The van der Waals surface area contributed by atoms with Gasteiger partial charge in [-0.25, -0.2) is 0 Å². The Kier molecular flexibility index (Phi) is 11.2. The van der Waals surface area contributed by atoms with Crippen LogP contribution >= 0.6 is 24.0 Å². The van der Waals surface area contributed by atoms with Crippen molar-refractivity contribution in [3.8, 4) is 0 Å². The molecular weight excluding hydrogens is 396 g/mol. The van der Waals surface area contributed by atoms with Crippen LogP contribution in [-0.2, 0) is 0 Å². The minimum atomic E-state index is -4.13. The molecule has 0 aliphatic carbocycles. The van der Waals surface area contributed by atoms with Gasteiger partial charge in [-0.15, -0.1) is 24.0 Å². The number of rotatable bonds is 5. The highest BCUT2D eigenvalue weighted by molar-refractivity contribution is 14.0. The van der Waals surface area contributed by atoms with Crippen LogP contribution < -0.4 is 10.6 Å². The second-order valence-corrected chi connectivity index (χ2v) is 5.05. The van der Waals surface area contributed by atoms with Crippen molar-refractivity contribution in [3.05, 3.63) is 0 Å². The highest BCUT2D eigenvalue weighted by Crippen LogP contribution is 2.18. The quantitative estimate of drug-likeness (QED) is 0.407. The first-order valence-electron chi connectivity index (χ1n) is 7.25. The molecule has 0 bridgehead atoms. The van der Waals surface area contributed by atoms with Crippen molar-refractivity contribution in [1.29, 1.82) is 0 Å². The summed E-state index contributed by atoms with van der Waals surface area (Å²) in [7, 11) is 1.56. The van der Waals surface area contributed by atoms with Crippen LogP contribution in [-0.4, -0.2) is 56.8 Å². The fourth-order valence-corrected chi connectivity index (χ4v) is 2.24. The normalized spacial score (nSPS) is 17.8. The van der Waals surface area contributed by atoms with E-state index in [1.165, 1.54) is 25.7 Å². The summed E-state index contributed by atoms with van der Waals surface area (Å²) in [4.78, 5) is 6.31. The molecule has 0 aromatic rings. The molecule has 1 aliphatic heterocycles. The maximum atomic E-state index is 12.0. The first kappa shape index (κ1) is 20.8. The van der Waals surface area contributed by atoms with Crippen molar-refractivity contribution >= 4 is 29.9 Å². The summed E-state index contributed by atoms with van der Waals surface area (Å²) >= 11 is 0. The maximum absolute atomic E-state index is 12.0. The SMILES string of the molecule is CN=C(NCCN1CCCCCC1)NCCC(F)(F)F.I. The van der Waals surface area contributed by atoms with E-state index in [-0.39, 0.29) is 30.5 Å². The Morgan fingerprint density at radius 3 is 2.14 bits per heavy atom. The van der Waals surface area contributed by atoms with Crippen LogP contribution in [0.1, 0.15) is 32.1 Å². The first-order valence-corrected chi connectivity index (χ1v) is 7.25. The lowest BCUT2D eigenvalue weighted by Gasteiger charge is -2.20. The van der Waals surface area contributed by atoms with Crippen LogP contribution in [0.5, 0.6) is 0 Å². The predicted molar refractivity (Wildman–Crippen MR) is 90.4 cm³/mol. The number of hydrogen-bond acceptors (Lipinski definition) is 2. The van der Waals surface area contributed by atoms with Crippen molar-refractivity contribution in [2.24, 2.45) is 4.99 Å². The Morgan fingerprint density at radius 1 is 1.05 bits per heavy atom. The molecule has 126 valence electrons. The van der Waals surface area contributed by atoms with E-state index in [9.17, 15) is 13.2 Å². The molecule has 0 atom stereocenters. The minimum Gasteiger partial charge on any atom is -0.356 e. The third kappa shape index (κ3) is 11.0. The molecule has 0 spiro atoms. The van der Waals surface area contributed by atoms with Crippen LogP contribution in [0.25, 0.3) is 0 Å². The van der Waals surface area contributed by atoms with Gasteiger partial charge in [-0.1, -0.05) is 12.8 Å². The summed E-state index contributed by atoms with van der Waals surface area (Å²) in [6.07, 6.45) is 0.0873. The zero-order chi connectivity index (χ0) is 14.8. The molecule has 1 aliphatic rings. The third-order valence-electron chi connectivity index (χ3n) is 3.34. The molecule has 0 aromatic carbocycles. The van der Waals surface area contributed by atoms with E-state index in [4.69, 9.17) is 0 Å². The van der Waals surface area contributed by atoms with Gasteiger partial charge in [-0.2, -0.15) is 13.2 Å². The van der Waals surface area contributed by atoms with E-state index in [2.05, 4.69) is 20.5 Å². The van der Waals surface area contributed by atoms with Gasteiger partial charge in [0.1, 0.15) is 0 Å². The number of nitrogens with zero attached hydrogens (tertiary/aromatic N) is 2. The number of aliphatic imine (C=N–C) groups is 1. The van der Waals surface area contributed by atoms with Gasteiger partial charge in [0.25, 0.3) is 0 Å². The molecule has 0 radical (unpaired) electrons. The monoisotopic (exact) mass is 422 g/mol. The summed E-state index contributed by atoms with van der Waals surface area (Å²) in [5.74, 6) is 0.434. The summed E-state index contributed by atoms with van der Waals surface area (Å²) in [5.41, 5.74) is 0. The molecule has 8 heteroatoms. The molecule has 1 heterocycles. The molecule has 4 nitrogen and oxygen atoms in total. The van der Waals surface area contributed by atoms with Crippen molar-refractivity contribution < 1.29 is 13.2 Å². The van der Waals surface area contributed by atoms with Gasteiger partial charge in [0.2, 0.25) is 0 Å². The molecule has 0 unspecified atom stereocenters. The minimum absolute atomic E-state index is 0. The van der Waals surface area contributed by atoms with E-state index in [1.54, 1.807) is 7.05 Å². The number of guanidine groups is 1. The zero-order valence-electron chi connectivity index (χ0n) is 12.5. The van der Waals surface area contributed by atoms with Crippen molar-refractivity contribution in [2.45, 2.75) is 38.3 Å². The molecule has 0 saturated carbocycles. The summed E-state index contributed by atoms with van der Waals surface area (Å²) in [6.45, 7) is 3.68. The molecule has 2 N–H and O–H groups in total. The van der Waals surface area contributed by atoms with Gasteiger partial charge in [0, 0.05) is 26.7 Å². The molecule has 1 saturated heterocycles. The van der Waals surface area contributed by atoms with Gasteiger partial charge in [-0.3, -0.25) is 4.99 Å². The van der Waals surface area contributed by atoms with Crippen molar-refractivity contribution in [1.82, 2.24) is 15.5 Å². The molecule has 21 heavy (non-hydrogen) atoms. The fraction of sp³-hybridized carbons (Fsp3) is 0.923. The Labute approximate surface area is 142 Å². The molecule has 0 amide bonds. The Morgan fingerprint density at radius 2 is 1.62 bits per heavy atom. The fourth-order valence-electron chi connectivity index (χ4n) is 2.24. The Balaban J connectivity index is 0.00000400. The van der Waals surface area contributed by atoms with Crippen molar-refractivity contribution in [2.75, 3.05) is 39.8 Å². The topological polar surface area (TPSA) is 39.7 Å². The molecule has 1 rings (SSSR count). The lowest BCUT2D eigenvalue weighted by atomic mass is 10.2. The maximum Gasteiger partial charge on any atom is 0.390 e. The average Bonchev–Trinajstić information content (AvgIpc) is 2.64. The number of alkyl halides is 3. The highest BCUT2D eigenvalue weighted by atomic mass is 127. The second kappa shape index (κ2) is 11.3. The first-order chi connectivity index (χ1) is 9.51. The Bertz CT molecular complexity index is 290. The smallest absolute Gasteiger partial charge is 0.356 e. The van der Waals surface area contributed by atoms with Crippen LogP contribution in [0.15, 0.2) is 4.99 Å². The van der Waals surface area contributed by atoms with Gasteiger partial charge < -0.3 is 15.5 Å². The van der Waals surface area contributed by atoms with Crippen molar-refractivity contribution in [3.63, 3.8) is 0 Å². The predicted octanol–water partition coefficient (Wildman–Crippen LogP) is 2.60. The highest BCUT2D eigenvalue weighted by Gasteiger charge is 2.26. The molecule has 1 fully saturated rings. The van der Waals surface area contributed by atoms with Crippen LogP contribution in [0.4, 0.5) is 13.2 Å². The van der Waals surface area contributed by atoms with Gasteiger partial charge in [0.05, 0.1) is 6.42 Å². The van der Waals surface area contributed by atoms with Crippen LogP contribution in [0.3, 0.4) is 0 Å². The van der Waals surface area contributed by atoms with E-state index in [1.807, 2.05) is 0 Å². The number of nitrogens with one attached hydrogen (secondary N) is 2. The van der Waals surface area contributed by atoms with E-state index in [0.29, 0.717) is 12.5 Å².